The van der Waals surface area contributed by atoms with Gasteiger partial charge in [-0.25, -0.2) is 9.97 Å². The maximum atomic E-state index is 12.7. The predicted octanol–water partition coefficient (Wildman–Crippen LogP) is 3.30. The molecular formula is C13H10F3N5S. The molecule has 3 aromatic heterocycles. The average molecular weight is 325 g/mol. The molecule has 0 unspecified atom stereocenters. The molecule has 0 atom stereocenters. The molecule has 0 aliphatic rings. The Morgan fingerprint density at radius 1 is 1.18 bits per heavy atom. The lowest BCUT2D eigenvalue weighted by Crippen LogP contribution is -2.06. The third-order valence-electron chi connectivity index (χ3n) is 2.97. The van der Waals surface area contributed by atoms with Crippen LogP contribution in [0.25, 0.3) is 16.4 Å². The van der Waals surface area contributed by atoms with E-state index in [0.717, 1.165) is 6.07 Å². The van der Waals surface area contributed by atoms with E-state index in [2.05, 4.69) is 15.1 Å². The van der Waals surface area contributed by atoms with Gasteiger partial charge in [-0.1, -0.05) is 0 Å². The zero-order valence-electron chi connectivity index (χ0n) is 11.3. The number of nitrogens with zero attached hydrogens (tertiary/aromatic N) is 4. The van der Waals surface area contributed by atoms with Gasteiger partial charge in [0.1, 0.15) is 10.7 Å². The minimum Gasteiger partial charge on any atom is -0.383 e. The summed E-state index contributed by atoms with van der Waals surface area (Å²) >= 11 is 0.631. The smallest absolute Gasteiger partial charge is 0.383 e. The van der Waals surface area contributed by atoms with Crippen LogP contribution in [0.1, 0.15) is 10.6 Å². The van der Waals surface area contributed by atoms with Crippen molar-refractivity contribution in [3.05, 3.63) is 41.2 Å². The van der Waals surface area contributed by atoms with Crippen molar-refractivity contribution < 1.29 is 13.2 Å². The fraction of sp³-hybridized carbons (Fsp3) is 0.154. The summed E-state index contributed by atoms with van der Waals surface area (Å²) in [6.45, 7) is 1.68. The van der Waals surface area contributed by atoms with Gasteiger partial charge in [0.05, 0.1) is 11.3 Å². The molecule has 9 heteroatoms. The average Bonchev–Trinajstić information content (AvgIpc) is 3.04. The summed E-state index contributed by atoms with van der Waals surface area (Å²) in [5, 5.41) is 4.22. The summed E-state index contributed by atoms with van der Waals surface area (Å²) in [5.74, 6) is 0.473. The SMILES string of the molecule is Cc1nn(-c2ncccn2)c(N)c1-c1ccc(C(F)(F)F)s1. The molecule has 5 nitrogen and oxygen atoms in total. The summed E-state index contributed by atoms with van der Waals surface area (Å²) in [4.78, 5) is 7.80. The highest BCUT2D eigenvalue weighted by atomic mass is 32.1. The summed E-state index contributed by atoms with van der Waals surface area (Å²) in [6, 6.07) is 4.07. The summed E-state index contributed by atoms with van der Waals surface area (Å²) in [7, 11) is 0. The van der Waals surface area contributed by atoms with E-state index in [1.165, 1.54) is 23.1 Å². The van der Waals surface area contributed by atoms with Gasteiger partial charge in [-0.2, -0.15) is 23.0 Å². The largest absolute Gasteiger partial charge is 0.425 e. The zero-order chi connectivity index (χ0) is 15.9. The monoisotopic (exact) mass is 325 g/mol. The second-order valence-electron chi connectivity index (χ2n) is 4.47. The van der Waals surface area contributed by atoms with E-state index in [1.807, 2.05) is 0 Å². The van der Waals surface area contributed by atoms with Gasteiger partial charge in [0, 0.05) is 17.3 Å². The van der Waals surface area contributed by atoms with E-state index in [9.17, 15) is 13.2 Å². The van der Waals surface area contributed by atoms with E-state index in [-0.39, 0.29) is 11.8 Å². The van der Waals surface area contributed by atoms with Crippen molar-refractivity contribution in [2.75, 3.05) is 5.73 Å². The number of aromatic nitrogens is 4. The molecule has 0 aliphatic heterocycles. The highest BCUT2D eigenvalue weighted by Crippen LogP contribution is 2.41. The molecule has 3 rings (SSSR count). The number of anilines is 1. The van der Waals surface area contributed by atoms with Crippen molar-refractivity contribution in [2.24, 2.45) is 0 Å². The zero-order valence-corrected chi connectivity index (χ0v) is 12.1. The van der Waals surface area contributed by atoms with Crippen LogP contribution in [-0.4, -0.2) is 19.7 Å². The summed E-state index contributed by atoms with van der Waals surface area (Å²) < 4.78 is 39.5. The van der Waals surface area contributed by atoms with Crippen molar-refractivity contribution in [3.8, 4) is 16.4 Å². The number of hydrogen-bond acceptors (Lipinski definition) is 5. The van der Waals surface area contributed by atoms with E-state index >= 15 is 0 Å². The van der Waals surface area contributed by atoms with Gasteiger partial charge >= 0.3 is 6.18 Å². The molecule has 0 spiro atoms. The van der Waals surface area contributed by atoms with Gasteiger partial charge in [0.15, 0.2) is 0 Å². The van der Waals surface area contributed by atoms with Gasteiger partial charge in [0.25, 0.3) is 5.95 Å². The van der Waals surface area contributed by atoms with Crippen LogP contribution in [0.15, 0.2) is 30.6 Å². The standard InChI is InChI=1S/C13H10F3N5S/c1-7-10(8-3-4-9(22-8)13(14,15)16)11(17)21(20-7)12-18-5-2-6-19-12/h2-6H,17H2,1H3. The van der Waals surface area contributed by atoms with Gasteiger partial charge in [-0.3, -0.25) is 0 Å². The fourth-order valence-corrected chi connectivity index (χ4v) is 3.01. The molecule has 0 fully saturated rings. The molecule has 0 amide bonds. The quantitative estimate of drug-likeness (QED) is 0.785. The van der Waals surface area contributed by atoms with Crippen LogP contribution < -0.4 is 5.73 Å². The fourth-order valence-electron chi connectivity index (χ4n) is 2.03. The predicted molar refractivity (Wildman–Crippen MR) is 76.6 cm³/mol. The lowest BCUT2D eigenvalue weighted by molar-refractivity contribution is -0.134. The number of halogens is 3. The van der Waals surface area contributed by atoms with Crippen LogP contribution in [0, 0.1) is 6.92 Å². The van der Waals surface area contributed by atoms with Crippen LogP contribution in [0.3, 0.4) is 0 Å². The first-order valence-corrected chi connectivity index (χ1v) is 6.99. The molecule has 22 heavy (non-hydrogen) atoms. The minimum atomic E-state index is -4.37. The molecule has 0 bridgehead atoms. The van der Waals surface area contributed by atoms with E-state index in [0.29, 0.717) is 27.5 Å². The van der Waals surface area contributed by atoms with Crippen LogP contribution in [-0.2, 0) is 6.18 Å². The number of nitrogen functional groups attached to an aromatic ring is 1. The Balaban J connectivity index is 2.09. The number of aryl methyl sites for hydroxylation is 1. The Labute approximate surface area is 127 Å². The summed E-state index contributed by atoms with van der Waals surface area (Å²) in [5.41, 5.74) is 7.01. The van der Waals surface area contributed by atoms with Gasteiger partial charge in [-0.05, 0) is 25.1 Å². The molecule has 0 saturated heterocycles. The van der Waals surface area contributed by atoms with Crippen molar-refractivity contribution in [3.63, 3.8) is 0 Å². The Hall–Kier alpha value is -2.42. The highest BCUT2D eigenvalue weighted by molar-refractivity contribution is 7.15. The summed E-state index contributed by atoms with van der Waals surface area (Å²) in [6.07, 6.45) is -1.30. The van der Waals surface area contributed by atoms with Crippen LogP contribution in [0.4, 0.5) is 19.0 Å². The second-order valence-corrected chi connectivity index (χ2v) is 5.55. The molecule has 0 radical (unpaired) electrons. The number of alkyl halides is 3. The van der Waals surface area contributed by atoms with Crippen molar-refractivity contribution in [1.82, 2.24) is 19.7 Å². The van der Waals surface area contributed by atoms with Gasteiger partial charge in [0.2, 0.25) is 0 Å². The van der Waals surface area contributed by atoms with Crippen LogP contribution in [0.5, 0.6) is 0 Å². The third kappa shape index (κ3) is 2.43. The number of thiophene rings is 1. The van der Waals surface area contributed by atoms with Crippen molar-refractivity contribution in [2.45, 2.75) is 13.1 Å². The first kappa shape index (κ1) is 14.5. The Kier molecular flexibility index (Phi) is 3.36. The first-order valence-electron chi connectivity index (χ1n) is 6.18. The van der Waals surface area contributed by atoms with E-state index in [4.69, 9.17) is 5.73 Å². The number of rotatable bonds is 2. The van der Waals surface area contributed by atoms with Crippen LogP contribution >= 0.6 is 11.3 Å². The third-order valence-corrected chi connectivity index (χ3v) is 4.12. The van der Waals surface area contributed by atoms with Crippen molar-refractivity contribution >= 4 is 17.2 Å². The minimum absolute atomic E-state index is 0.208. The Morgan fingerprint density at radius 3 is 2.45 bits per heavy atom. The molecule has 3 heterocycles. The van der Waals surface area contributed by atoms with Crippen LogP contribution in [0.2, 0.25) is 0 Å². The molecule has 0 aromatic carbocycles. The van der Waals surface area contributed by atoms with E-state index in [1.54, 1.807) is 13.0 Å². The lowest BCUT2D eigenvalue weighted by atomic mass is 10.2. The normalized spacial score (nSPS) is 11.8. The molecule has 2 N–H and O–H groups in total. The highest BCUT2D eigenvalue weighted by Gasteiger charge is 2.33. The first-order chi connectivity index (χ1) is 10.4. The molecule has 3 aromatic rings. The lowest BCUT2D eigenvalue weighted by Gasteiger charge is -2.02. The van der Waals surface area contributed by atoms with Gasteiger partial charge < -0.3 is 5.73 Å². The van der Waals surface area contributed by atoms with Gasteiger partial charge in [-0.15, -0.1) is 11.3 Å². The molecular weight excluding hydrogens is 315 g/mol. The second kappa shape index (κ2) is 5.09. The number of hydrogen-bond donors (Lipinski definition) is 1. The number of nitrogens with two attached hydrogens (primary N) is 1. The Morgan fingerprint density at radius 2 is 1.86 bits per heavy atom. The van der Waals surface area contributed by atoms with E-state index < -0.39 is 11.1 Å². The molecule has 0 saturated carbocycles. The topological polar surface area (TPSA) is 69.6 Å². The Bertz CT molecular complexity index is 807. The van der Waals surface area contributed by atoms with Crippen molar-refractivity contribution in [1.29, 1.82) is 0 Å². The molecule has 0 aliphatic carbocycles. The molecule has 114 valence electrons. The maximum Gasteiger partial charge on any atom is 0.425 e. The maximum absolute atomic E-state index is 12.7.